The number of carbonyl (C=O) groups excluding carboxylic acids is 1. The van der Waals surface area contributed by atoms with Crippen LogP contribution in [0.4, 0.5) is 65.9 Å². The van der Waals surface area contributed by atoms with Gasteiger partial charge in [0, 0.05) is 0 Å². The number of hydrogen-bond donors (Lipinski definition) is 0. The molecule has 33 heavy (non-hydrogen) atoms. The van der Waals surface area contributed by atoms with Crippen LogP contribution in [0.5, 0.6) is 0 Å². The third-order valence-corrected chi connectivity index (χ3v) is 6.15. The summed E-state index contributed by atoms with van der Waals surface area (Å²) in [6.07, 6.45) is -12.5. The van der Waals surface area contributed by atoms with Crippen molar-refractivity contribution < 1.29 is 75.4 Å². The number of carbonyl (C=O) groups is 1. The third-order valence-electron chi connectivity index (χ3n) is 6.15. The molecule has 2 atom stereocenters. The zero-order valence-electron chi connectivity index (χ0n) is 16.4. The van der Waals surface area contributed by atoms with Gasteiger partial charge in [0.2, 0.25) is 0 Å². The third kappa shape index (κ3) is 2.49. The number of alkyl halides is 15. The van der Waals surface area contributed by atoms with E-state index >= 15 is 0 Å². The van der Waals surface area contributed by atoms with E-state index in [0.29, 0.717) is 13.8 Å². The van der Waals surface area contributed by atoms with E-state index in [0.717, 1.165) is 6.92 Å². The first-order valence-electron chi connectivity index (χ1n) is 8.71. The fourth-order valence-corrected chi connectivity index (χ4v) is 3.72. The van der Waals surface area contributed by atoms with Crippen molar-refractivity contribution in [2.45, 2.75) is 86.3 Å². The Kier molecular flexibility index (Phi) is 5.32. The molecule has 2 nitrogen and oxygen atoms in total. The van der Waals surface area contributed by atoms with Crippen LogP contribution in [0.25, 0.3) is 0 Å². The van der Waals surface area contributed by atoms with Gasteiger partial charge in [0.05, 0.1) is 11.8 Å². The highest BCUT2D eigenvalue weighted by Crippen LogP contribution is 2.80. The van der Waals surface area contributed by atoms with E-state index in [1.165, 1.54) is 0 Å². The van der Waals surface area contributed by atoms with E-state index in [-0.39, 0.29) is 0 Å². The quantitative estimate of drug-likeness (QED) is 0.323. The average molecular weight is 522 g/mol. The molecule has 0 heterocycles. The zero-order chi connectivity index (χ0) is 26.7. The fourth-order valence-electron chi connectivity index (χ4n) is 3.72. The van der Waals surface area contributed by atoms with Crippen molar-refractivity contribution in [1.82, 2.24) is 0 Å². The first-order chi connectivity index (χ1) is 14.1. The molecule has 0 aromatic rings. The van der Waals surface area contributed by atoms with Gasteiger partial charge in [-0.1, -0.05) is 6.92 Å². The van der Waals surface area contributed by atoms with Crippen LogP contribution in [0, 0.1) is 5.41 Å². The minimum absolute atomic E-state index is 0.549. The number of fused-ring (bicyclic) bond motifs is 2. The zero-order valence-corrected chi connectivity index (χ0v) is 16.4. The van der Waals surface area contributed by atoms with Crippen LogP contribution in [0.1, 0.15) is 33.6 Å². The van der Waals surface area contributed by atoms with Crippen molar-refractivity contribution in [3.8, 4) is 0 Å². The Bertz CT molecular complexity index is 803. The number of rotatable bonds is 3. The molecule has 2 aliphatic rings. The Hall–Kier alpha value is -1.58. The first-order valence-corrected chi connectivity index (χ1v) is 8.71. The molecule has 2 saturated carbocycles. The van der Waals surface area contributed by atoms with Crippen molar-refractivity contribution in [3.63, 3.8) is 0 Å². The lowest BCUT2D eigenvalue weighted by Gasteiger charge is -2.64. The minimum Gasteiger partial charge on any atom is -0.436 e. The lowest BCUT2D eigenvalue weighted by Crippen LogP contribution is -2.98. The fraction of sp³-hybridized carbons (Fsp3) is 0.938. The Balaban J connectivity index is 3.18. The van der Waals surface area contributed by atoms with E-state index in [9.17, 15) is 70.7 Å². The van der Waals surface area contributed by atoms with Gasteiger partial charge >= 0.3 is 46.9 Å². The molecule has 2 bridgehead atoms. The summed E-state index contributed by atoms with van der Waals surface area (Å²) in [7, 11) is 0. The number of ether oxygens (including phenoxy) is 1. The molecule has 0 spiro atoms. The smallest absolute Gasteiger partial charge is 0.436 e. The van der Waals surface area contributed by atoms with Crippen LogP contribution < -0.4 is 0 Å². The summed E-state index contributed by atoms with van der Waals surface area (Å²) in [6.45, 7) is 2.03. The molecule has 0 radical (unpaired) electrons. The molecule has 2 fully saturated rings. The van der Waals surface area contributed by atoms with E-state index in [1.807, 2.05) is 0 Å². The normalized spacial score (nSPS) is 38.5. The van der Waals surface area contributed by atoms with E-state index in [2.05, 4.69) is 4.74 Å². The van der Waals surface area contributed by atoms with Crippen molar-refractivity contribution in [2.75, 3.05) is 0 Å². The number of esters is 1. The Morgan fingerprint density at radius 1 is 0.727 bits per heavy atom. The predicted molar refractivity (Wildman–Crippen MR) is 76.0 cm³/mol. The van der Waals surface area contributed by atoms with Gasteiger partial charge in [0.25, 0.3) is 11.8 Å². The Labute approximate surface area is 174 Å². The average Bonchev–Trinajstić information content (AvgIpc) is 2.59. The van der Waals surface area contributed by atoms with Crippen LogP contribution in [-0.4, -0.2) is 58.7 Å². The molecule has 0 amide bonds. The van der Waals surface area contributed by atoms with Gasteiger partial charge in [0.1, 0.15) is 0 Å². The Morgan fingerprint density at radius 2 is 1.06 bits per heavy atom. The van der Waals surface area contributed by atoms with E-state index in [1.54, 1.807) is 0 Å². The summed E-state index contributed by atoms with van der Waals surface area (Å²) in [5, 5.41) is 0. The second-order valence-electron chi connectivity index (χ2n) is 8.43. The molecule has 2 aliphatic carbocycles. The molecular weight excluding hydrogens is 509 g/mol. The van der Waals surface area contributed by atoms with Gasteiger partial charge in [-0.2, -0.15) is 39.5 Å². The molecule has 0 aliphatic heterocycles. The maximum atomic E-state index is 14.9. The molecule has 0 aromatic carbocycles. The largest absolute Gasteiger partial charge is 0.441 e. The van der Waals surface area contributed by atoms with Crippen molar-refractivity contribution in [3.05, 3.63) is 0 Å². The summed E-state index contributed by atoms with van der Waals surface area (Å²) >= 11 is 0. The van der Waals surface area contributed by atoms with E-state index in [4.69, 9.17) is 0 Å². The maximum absolute atomic E-state index is 14.9. The lowest BCUT2D eigenvalue weighted by atomic mass is 9.52. The molecule has 194 valence electrons. The monoisotopic (exact) mass is 522 g/mol. The molecule has 2 rings (SSSR count). The SMILES string of the molecule is CCC(C)(C)C(=O)OC1(C(F)(F)F)C(F)(F)C2(F)C(F)(F)CC(F)(F)C(F)(C2(F)F)C1(F)F. The van der Waals surface area contributed by atoms with Crippen LogP contribution in [0.15, 0.2) is 0 Å². The summed E-state index contributed by atoms with van der Waals surface area (Å²) < 4.78 is 218. The summed E-state index contributed by atoms with van der Waals surface area (Å²) in [5.41, 5.74) is -25.3. The van der Waals surface area contributed by atoms with Gasteiger partial charge in [-0.15, -0.1) is 0 Å². The summed E-state index contributed by atoms with van der Waals surface area (Å²) in [6, 6.07) is 0. The van der Waals surface area contributed by atoms with Crippen molar-refractivity contribution >= 4 is 5.97 Å². The van der Waals surface area contributed by atoms with Gasteiger partial charge in [0.15, 0.2) is 0 Å². The van der Waals surface area contributed by atoms with Gasteiger partial charge < -0.3 is 4.74 Å². The standard InChI is InChI=1S/C16H13F15O2/c1-4-7(2,3)6(32)33-12(16(29,30)31)14(25,26)10(21)8(17,18)5-9(19,20)11(22,13(10,23)24)15(12,27)28/h4-5H2,1-3H3. The highest BCUT2D eigenvalue weighted by atomic mass is 19.4. The van der Waals surface area contributed by atoms with Gasteiger partial charge in [-0.3, -0.25) is 4.79 Å². The van der Waals surface area contributed by atoms with Crippen molar-refractivity contribution in [1.29, 1.82) is 0 Å². The lowest BCUT2D eigenvalue weighted by molar-refractivity contribution is -0.544. The highest BCUT2D eigenvalue weighted by Gasteiger charge is 3.12. The van der Waals surface area contributed by atoms with Gasteiger partial charge in [-0.05, 0) is 20.3 Å². The molecular formula is C16H13F15O2. The summed E-state index contributed by atoms with van der Waals surface area (Å²) in [4.78, 5) is 12.0. The molecule has 2 unspecified atom stereocenters. The second kappa shape index (κ2) is 6.34. The molecule has 0 N–H and O–H groups in total. The minimum atomic E-state index is -7.90. The van der Waals surface area contributed by atoms with Gasteiger partial charge in [-0.25, -0.2) is 26.3 Å². The molecule has 0 saturated heterocycles. The maximum Gasteiger partial charge on any atom is 0.441 e. The highest BCUT2D eigenvalue weighted by molar-refractivity contribution is 5.77. The Morgan fingerprint density at radius 3 is 1.33 bits per heavy atom. The topological polar surface area (TPSA) is 26.3 Å². The van der Waals surface area contributed by atoms with Crippen LogP contribution in [0.3, 0.4) is 0 Å². The van der Waals surface area contributed by atoms with Crippen LogP contribution >= 0.6 is 0 Å². The predicted octanol–water partition coefficient (Wildman–Crippen LogP) is 6.28. The van der Waals surface area contributed by atoms with Crippen LogP contribution in [0.2, 0.25) is 0 Å². The number of hydrogen-bond acceptors (Lipinski definition) is 2. The number of halogens is 15. The second-order valence-corrected chi connectivity index (χ2v) is 8.43. The summed E-state index contributed by atoms with van der Waals surface area (Å²) in [5.74, 6) is -40.3. The van der Waals surface area contributed by atoms with E-state index < -0.39 is 77.0 Å². The first kappa shape index (κ1) is 27.7. The molecule has 0 aromatic heterocycles. The van der Waals surface area contributed by atoms with Crippen molar-refractivity contribution in [2.24, 2.45) is 5.41 Å². The van der Waals surface area contributed by atoms with Crippen LogP contribution in [-0.2, 0) is 9.53 Å². The molecule has 17 heteroatoms.